The SMILES string of the molecule is O=C(c1cccc(F)c1)N(CC1CCCO1)c1nc2ccc(Br)cc2s1. The van der Waals surface area contributed by atoms with Crippen LogP contribution in [0.2, 0.25) is 0 Å². The van der Waals surface area contributed by atoms with Crippen molar-refractivity contribution in [1.29, 1.82) is 0 Å². The monoisotopic (exact) mass is 434 g/mol. The molecule has 1 fully saturated rings. The number of rotatable bonds is 4. The van der Waals surface area contributed by atoms with E-state index in [4.69, 9.17) is 4.74 Å². The molecule has 26 heavy (non-hydrogen) atoms. The molecule has 1 saturated heterocycles. The molecule has 2 heterocycles. The first kappa shape index (κ1) is 17.6. The van der Waals surface area contributed by atoms with Crippen LogP contribution < -0.4 is 4.90 Å². The number of hydrogen-bond donors (Lipinski definition) is 0. The molecule has 1 aromatic heterocycles. The summed E-state index contributed by atoms with van der Waals surface area (Å²) >= 11 is 4.90. The van der Waals surface area contributed by atoms with Gasteiger partial charge in [-0.05, 0) is 49.2 Å². The molecule has 4 nitrogen and oxygen atoms in total. The number of ether oxygens (including phenoxy) is 1. The van der Waals surface area contributed by atoms with Crippen molar-refractivity contribution in [3.8, 4) is 0 Å². The van der Waals surface area contributed by atoms with Gasteiger partial charge in [0.1, 0.15) is 5.82 Å². The van der Waals surface area contributed by atoms with E-state index in [1.165, 1.54) is 23.5 Å². The van der Waals surface area contributed by atoms with Gasteiger partial charge in [0.05, 0.1) is 22.9 Å². The number of hydrogen-bond acceptors (Lipinski definition) is 4. The summed E-state index contributed by atoms with van der Waals surface area (Å²) in [5.74, 6) is -0.695. The smallest absolute Gasteiger partial charge is 0.260 e. The molecule has 2 aromatic carbocycles. The lowest BCUT2D eigenvalue weighted by molar-refractivity contribution is 0.0917. The molecule has 0 spiro atoms. The minimum absolute atomic E-state index is 0.0220. The normalized spacial score (nSPS) is 16.9. The number of carbonyl (C=O) groups excluding carboxylic acids is 1. The number of nitrogens with zero attached hydrogens (tertiary/aromatic N) is 2. The molecule has 1 atom stereocenters. The summed E-state index contributed by atoms with van der Waals surface area (Å²) in [5.41, 5.74) is 1.14. The molecule has 0 radical (unpaired) electrons. The fourth-order valence-electron chi connectivity index (χ4n) is 3.02. The molecule has 1 aliphatic heterocycles. The molecule has 0 aliphatic carbocycles. The Bertz CT molecular complexity index is 956. The van der Waals surface area contributed by atoms with Crippen molar-refractivity contribution in [2.24, 2.45) is 0 Å². The maximum absolute atomic E-state index is 13.6. The molecule has 4 rings (SSSR count). The van der Waals surface area contributed by atoms with Gasteiger partial charge in [-0.15, -0.1) is 0 Å². The molecular weight excluding hydrogens is 419 g/mol. The van der Waals surface area contributed by atoms with Crippen molar-refractivity contribution in [3.05, 3.63) is 58.3 Å². The van der Waals surface area contributed by atoms with E-state index in [1.807, 2.05) is 18.2 Å². The van der Waals surface area contributed by atoms with Gasteiger partial charge in [-0.2, -0.15) is 0 Å². The Hall–Kier alpha value is -1.83. The lowest BCUT2D eigenvalue weighted by atomic mass is 10.1. The first-order valence-electron chi connectivity index (χ1n) is 8.35. The summed E-state index contributed by atoms with van der Waals surface area (Å²) in [6.07, 6.45) is 1.87. The molecule has 1 aliphatic rings. The quantitative estimate of drug-likeness (QED) is 0.578. The fourth-order valence-corrected chi connectivity index (χ4v) is 4.54. The summed E-state index contributed by atoms with van der Waals surface area (Å²) in [5, 5.41) is 0.600. The van der Waals surface area contributed by atoms with Gasteiger partial charge in [-0.25, -0.2) is 9.37 Å². The van der Waals surface area contributed by atoms with E-state index < -0.39 is 5.82 Å². The predicted octanol–water partition coefficient (Wildman–Crippen LogP) is 5.02. The van der Waals surface area contributed by atoms with Crippen LogP contribution in [0.15, 0.2) is 46.9 Å². The first-order chi connectivity index (χ1) is 12.6. The second-order valence-electron chi connectivity index (χ2n) is 6.17. The summed E-state index contributed by atoms with van der Waals surface area (Å²) in [6, 6.07) is 11.6. The van der Waals surface area contributed by atoms with E-state index in [0.29, 0.717) is 23.8 Å². The highest BCUT2D eigenvalue weighted by Crippen LogP contribution is 2.32. The molecule has 0 bridgehead atoms. The van der Waals surface area contributed by atoms with E-state index in [-0.39, 0.29) is 12.0 Å². The largest absolute Gasteiger partial charge is 0.376 e. The molecule has 134 valence electrons. The molecular formula is C19H16BrFN2O2S. The van der Waals surface area contributed by atoms with Gasteiger partial charge in [-0.3, -0.25) is 9.69 Å². The van der Waals surface area contributed by atoms with Crippen LogP contribution in [-0.2, 0) is 4.74 Å². The zero-order valence-electron chi connectivity index (χ0n) is 13.8. The number of benzene rings is 2. The van der Waals surface area contributed by atoms with Gasteiger partial charge < -0.3 is 4.74 Å². The summed E-state index contributed by atoms with van der Waals surface area (Å²) in [4.78, 5) is 19.3. The van der Waals surface area contributed by atoms with Gasteiger partial charge in [0.15, 0.2) is 5.13 Å². The van der Waals surface area contributed by atoms with Gasteiger partial charge in [0.2, 0.25) is 0 Å². The minimum atomic E-state index is -0.429. The highest BCUT2D eigenvalue weighted by atomic mass is 79.9. The zero-order valence-corrected chi connectivity index (χ0v) is 16.2. The second-order valence-corrected chi connectivity index (χ2v) is 8.09. The number of anilines is 1. The topological polar surface area (TPSA) is 42.4 Å². The summed E-state index contributed by atoms with van der Waals surface area (Å²) in [7, 11) is 0. The third-order valence-electron chi connectivity index (χ3n) is 4.30. The van der Waals surface area contributed by atoms with Crippen molar-refractivity contribution in [3.63, 3.8) is 0 Å². The lowest BCUT2D eigenvalue weighted by Crippen LogP contribution is -2.37. The number of amides is 1. The molecule has 1 unspecified atom stereocenters. The van der Waals surface area contributed by atoms with Crippen LogP contribution in [0.5, 0.6) is 0 Å². The van der Waals surface area contributed by atoms with E-state index in [1.54, 1.807) is 17.0 Å². The number of halogens is 2. The van der Waals surface area contributed by atoms with E-state index in [0.717, 1.165) is 27.5 Å². The number of aromatic nitrogens is 1. The van der Waals surface area contributed by atoms with Crippen molar-refractivity contribution in [2.75, 3.05) is 18.1 Å². The Morgan fingerprint density at radius 2 is 2.23 bits per heavy atom. The van der Waals surface area contributed by atoms with E-state index in [9.17, 15) is 9.18 Å². The maximum atomic E-state index is 13.6. The van der Waals surface area contributed by atoms with Crippen LogP contribution >= 0.6 is 27.3 Å². The highest BCUT2D eigenvalue weighted by Gasteiger charge is 2.27. The lowest BCUT2D eigenvalue weighted by Gasteiger charge is -2.23. The van der Waals surface area contributed by atoms with Crippen LogP contribution in [0.4, 0.5) is 9.52 Å². The van der Waals surface area contributed by atoms with Gasteiger partial charge in [-0.1, -0.05) is 33.3 Å². The predicted molar refractivity (Wildman–Crippen MR) is 104 cm³/mol. The summed E-state index contributed by atoms with van der Waals surface area (Å²) in [6.45, 7) is 1.12. The fraction of sp³-hybridized carbons (Fsp3) is 0.263. The molecule has 3 aromatic rings. The van der Waals surface area contributed by atoms with Crippen LogP contribution in [0, 0.1) is 5.82 Å². The Morgan fingerprint density at radius 1 is 1.35 bits per heavy atom. The van der Waals surface area contributed by atoms with Crippen molar-refractivity contribution in [1.82, 2.24) is 4.98 Å². The number of fused-ring (bicyclic) bond motifs is 1. The molecule has 0 N–H and O–H groups in total. The standard InChI is InChI=1S/C19H16BrFN2O2S/c20-13-6-7-16-17(10-13)26-19(22-16)23(11-15-5-2-8-25-15)18(24)12-3-1-4-14(21)9-12/h1,3-4,6-7,9-10,15H,2,5,8,11H2. The Balaban J connectivity index is 1.72. The maximum Gasteiger partial charge on any atom is 0.260 e. The zero-order chi connectivity index (χ0) is 18.1. The van der Waals surface area contributed by atoms with Crippen molar-refractivity contribution < 1.29 is 13.9 Å². The van der Waals surface area contributed by atoms with Crippen LogP contribution in [0.3, 0.4) is 0 Å². The van der Waals surface area contributed by atoms with Gasteiger partial charge in [0, 0.05) is 16.6 Å². The minimum Gasteiger partial charge on any atom is -0.376 e. The average Bonchev–Trinajstić information content (AvgIpc) is 3.28. The first-order valence-corrected chi connectivity index (χ1v) is 9.96. The van der Waals surface area contributed by atoms with Crippen LogP contribution in [-0.4, -0.2) is 30.1 Å². The van der Waals surface area contributed by atoms with Gasteiger partial charge in [0.25, 0.3) is 5.91 Å². The molecule has 1 amide bonds. The highest BCUT2D eigenvalue weighted by molar-refractivity contribution is 9.10. The number of carbonyl (C=O) groups is 1. The van der Waals surface area contributed by atoms with Crippen molar-refractivity contribution >= 4 is 48.5 Å². The summed E-state index contributed by atoms with van der Waals surface area (Å²) < 4.78 is 21.3. The van der Waals surface area contributed by atoms with Crippen LogP contribution in [0.25, 0.3) is 10.2 Å². The number of thiazole rings is 1. The second kappa shape index (κ2) is 7.42. The average molecular weight is 435 g/mol. The third-order valence-corrected chi connectivity index (χ3v) is 5.83. The van der Waals surface area contributed by atoms with Crippen molar-refractivity contribution in [2.45, 2.75) is 18.9 Å². The van der Waals surface area contributed by atoms with Crippen LogP contribution in [0.1, 0.15) is 23.2 Å². The third kappa shape index (κ3) is 3.65. The Morgan fingerprint density at radius 3 is 3.00 bits per heavy atom. The van der Waals surface area contributed by atoms with E-state index >= 15 is 0 Å². The molecule has 7 heteroatoms. The molecule has 0 saturated carbocycles. The van der Waals surface area contributed by atoms with Gasteiger partial charge >= 0.3 is 0 Å². The Kier molecular flexibility index (Phi) is 5.02. The van der Waals surface area contributed by atoms with E-state index in [2.05, 4.69) is 20.9 Å². The Labute approximate surface area is 162 Å².